The molecule has 10 nitrogen and oxygen atoms in total. The Kier molecular flexibility index (Phi) is 8.56. The van der Waals surface area contributed by atoms with Gasteiger partial charge >= 0.3 is 5.97 Å². The third-order valence-corrected chi connectivity index (χ3v) is 8.27. The van der Waals surface area contributed by atoms with Crippen LogP contribution in [-0.4, -0.2) is 78.2 Å². The van der Waals surface area contributed by atoms with Crippen LogP contribution in [0.1, 0.15) is 49.7 Å². The van der Waals surface area contributed by atoms with Gasteiger partial charge in [-0.1, -0.05) is 31.5 Å². The molecule has 10 heteroatoms. The number of amides is 2. The normalized spacial score (nSPS) is 22.2. The lowest BCUT2D eigenvalue weighted by molar-refractivity contribution is -0.144. The van der Waals surface area contributed by atoms with Crippen molar-refractivity contribution in [3.05, 3.63) is 53.6 Å². The number of rotatable bonds is 11. The molecule has 0 spiro atoms. The first kappa shape index (κ1) is 27.9. The second-order valence-electron chi connectivity index (χ2n) is 10.8. The minimum absolute atomic E-state index is 0.0325. The molecular formula is C30H38N4O6. The van der Waals surface area contributed by atoms with Crippen molar-refractivity contribution in [2.45, 2.75) is 51.1 Å². The Labute approximate surface area is 234 Å². The zero-order valence-corrected chi connectivity index (χ0v) is 23.0. The smallest absolute Gasteiger partial charge is 0.308 e. The Balaban J connectivity index is 1.45. The highest BCUT2D eigenvalue weighted by molar-refractivity contribution is 5.95. The molecule has 3 aliphatic heterocycles. The zero-order valence-electron chi connectivity index (χ0n) is 23.0. The maximum absolute atomic E-state index is 13.9. The maximum atomic E-state index is 13.9. The number of carbonyl (C=O) groups excluding carboxylic acids is 2. The van der Waals surface area contributed by atoms with Crippen molar-refractivity contribution in [3.63, 3.8) is 0 Å². The van der Waals surface area contributed by atoms with E-state index in [-0.39, 0.29) is 37.6 Å². The summed E-state index contributed by atoms with van der Waals surface area (Å²) in [4.78, 5) is 44.8. The minimum Gasteiger partial charge on any atom is -0.481 e. The molecular weight excluding hydrogens is 512 g/mol. The van der Waals surface area contributed by atoms with Crippen LogP contribution in [0.15, 0.2) is 42.5 Å². The summed E-state index contributed by atoms with van der Waals surface area (Å²) in [6.07, 6.45) is 2.99. The molecule has 0 aromatic heterocycles. The summed E-state index contributed by atoms with van der Waals surface area (Å²) in [5, 5.41) is 10.5. The van der Waals surface area contributed by atoms with E-state index in [1.54, 1.807) is 15.9 Å². The molecule has 0 saturated carbocycles. The average molecular weight is 551 g/mol. The molecule has 3 atom stereocenters. The first-order chi connectivity index (χ1) is 19.4. The molecule has 0 radical (unpaired) electrons. The molecule has 0 bridgehead atoms. The fourth-order valence-corrected chi connectivity index (χ4v) is 6.15. The van der Waals surface area contributed by atoms with Gasteiger partial charge in [0.25, 0.3) is 0 Å². The summed E-state index contributed by atoms with van der Waals surface area (Å²) in [5.74, 6) is -0.966. The van der Waals surface area contributed by atoms with E-state index in [0.29, 0.717) is 44.1 Å². The third-order valence-electron chi connectivity index (χ3n) is 8.27. The average Bonchev–Trinajstić information content (AvgIpc) is 3.68. The van der Waals surface area contributed by atoms with Crippen molar-refractivity contribution >= 4 is 23.5 Å². The zero-order chi connectivity index (χ0) is 28.2. The summed E-state index contributed by atoms with van der Waals surface area (Å²) in [5.41, 5.74) is 8.41. The summed E-state index contributed by atoms with van der Waals surface area (Å²) in [7, 11) is 0. The van der Waals surface area contributed by atoms with Crippen LogP contribution in [-0.2, 0) is 20.9 Å². The highest BCUT2D eigenvalue weighted by Crippen LogP contribution is 2.42. The summed E-state index contributed by atoms with van der Waals surface area (Å²) in [6, 6.07) is 12.7. The van der Waals surface area contributed by atoms with E-state index >= 15 is 0 Å². The van der Waals surface area contributed by atoms with E-state index in [1.807, 2.05) is 41.3 Å². The van der Waals surface area contributed by atoms with E-state index in [1.165, 1.54) is 0 Å². The Morgan fingerprint density at radius 1 is 1.15 bits per heavy atom. The SMILES string of the molecule is CCCCN(C(=O)CN1C[C@H](c2ccc3c(c2)OCO3)[C@@H](C(=O)O)[C@@H]1CN1CCCC1=O)c1cccc(CN)c1. The van der Waals surface area contributed by atoms with Crippen LogP contribution < -0.4 is 20.1 Å². The van der Waals surface area contributed by atoms with E-state index in [4.69, 9.17) is 15.2 Å². The molecule has 214 valence electrons. The monoisotopic (exact) mass is 550 g/mol. The fraction of sp³-hybridized carbons (Fsp3) is 0.500. The first-order valence-corrected chi connectivity index (χ1v) is 14.1. The fourth-order valence-electron chi connectivity index (χ4n) is 6.15. The van der Waals surface area contributed by atoms with Crippen molar-refractivity contribution in [2.75, 3.05) is 44.4 Å². The van der Waals surface area contributed by atoms with Gasteiger partial charge in [0, 0.05) is 56.8 Å². The predicted octanol–water partition coefficient (Wildman–Crippen LogP) is 2.80. The van der Waals surface area contributed by atoms with Gasteiger partial charge in [-0.2, -0.15) is 0 Å². The number of anilines is 1. The van der Waals surface area contributed by atoms with Crippen LogP contribution in [0.3, 0.4) is 0 Å². The number of fused-ring (bicyclic) bond motifs is 1. The largest absolute Gasteiger partial charge is 0.481 e. The molecule has 2 fully saturated rings. The standard InChI is InChI=1S/C30H38N4O6/c1-2-3-12-34(22-7-4-6-20(13-22)15-31)28(36)18-33-16-23(21-9-10-25-26(14-21)40-19-39-25)29(30(37)38)24(33)17-32-11-5-8-27(32)35/h4,6-7,9-10,13-14,23-24,29H,2-3,5,8,11-12,15-19,31H2,1H3,(H,37,38)/t23-,24+,29-/m1/s1. The van der Waals surface area contributed by atoms with Crippen LogP contribution >= 0.6 is 0 Å². The number of carboxylic acids is 1. The van der Waals surface area contributed by atoms with Gasteiger partial charge in [0.2, 0.25) is 18.6 Å². The van der Waals surface area contributed by atoms with Crippen molar-refractivity contribution in [3.8, 4) is 11.5 Å². The molecule has 5 rings (SSSR count). The van der Waals surface area contributed by atoms with Gasteiger partial charge < -0.3 is 30.1 Å². The van der Waals surface area contributed by atoms with Gasteiger partial charge in [-0.15, -0.1) is 0 Å². The van der Waals surface area contributed by atoms with Gasteiger partial charge in [-0.3, -0.25) is 19.3 Å². The quantitative estimate of drug-likeness (QED) is 0.438. The minimum atomic E-state index is -0.937. The second-order valence-corrected chi connectivity index (χ2v) is 10.8. The van der Waals surface area contributed by atoms with Gasteiger partial charge in [0.1, 0.15) is 0 Å². The molecule has 2 amide bonds. The van der Waals surface area contributed by atoms with Gasteiger partial charge in [-0.05, 0) is 48.2 Å². The number of benzene rings is 2. The number of ether oxygens (including phenoxy) is 2. The van der Waals surface area contributed by atoms with Crippen molar-refractivity contribution < 1.29 is 29.0 Å². The molecule has 3 heterocycles. The number of likely N-dealkylation sites (tertiary alicyclic amines) is 2. The van der Waals surface area contributed by atoms with E-state index in [0.717, 1.165) is 36.1 Å². The summed E-state index contributed by atoms with van der Waals surface area (Å²) in [6.45, 7) is 4.45. The lowest BCUT2D eigenvalue weighted by Gasteiger charge is -2.32. The van der Waals surface area contributed by atoms with E-state index in [9.17, 15) is 19.5 Å². The van der Waals surface area contributed by atoms with Crippen molar-refractivity contribution in [2.24, 2.45) is 11.7 Å². The van der Waals surface area contributed by atoms with Crippen LogP contribution in [0.2, 0.25) is 0 Å². The Bertz CT molecular complexity index is 1250. The lowest BCUT2D eigenvalue weighted by atomic mass is 9.85. The van der Waals surface area contributed by atoms with E-state index < -0.39 is 17.9 Å². The lowest BCUT2D eigenvalue weighted by Crippen LogP contribution is -2.49. The number of hydrogen-bond donors (Lipinski definition) is 2. The maximum Gasteiger partial charge on any atom is 0.308 e. The topological polar surface area (TPSA) is 126 Å². The molecule has 2 saturated heterocycles. The number of aliphatic carboxylic acids is 1. The first-order valence-electron chi connectivity index (χ1n) is 14.1. The molecule has 3 aliphatic rings. The van der Waals surface area contributed by atoms with Crippen molar-refractivity contribution in [1.29, 1.82) is 0 Å². The van der Waals surface area contributed by atoms with Gasteiger partial charge in [-0.25, -0.2) is 0 Å². The van der Waals surface area contributed by atoms with Gasteiger partial charge in [0.05, 0.1) is 12.5 Å². The molecule has 2 aromatic rings. The highest BCUT2D eigenvalue weighted by atomic mass is 16.7. The Morgan fingerprint density at radius 2 is 1.98 bits per heavy atom. The predicted molar refractivity (Wildman–Crippen MR) is 149 cm³/mol. The molecule has 2 aromatic carbocycles. The van der Waals surface area contributed by atoms with Crippen LogP contribution in [0.25, 0.3) is 0 Å². The summed E-state index contributed by atoms with van der Waals surface area (Å²) >= 11 is 0. The van der Waals surface area contributed by atoms with Crippen LogP contribution in [0.4, 0.5) is 5.69 Å². The number of hydrogen-bond acceptors (Lipinski definition) is 7. The summed E-state index contributed by atoms with van der Waals surface area (Å²) < 4.78 is 11.0. The number of carboxylic acid groups (broad SMARTS) is 1. The number of nitrogens with two attached hydrogens (primary N) is 1. The molecule has 40 heavy (non-hydrogen) atoms. The third kappa shape index (κ3) is 5.78. The molecule has 0 unspecified atom stereocenters. The van der Waals surface area contributed by atoms with Gasteiger partial charge in [0.15, 0.2) is 11.5 Å². The second kappa shape index (κ2) is 12.3. The Morgan fingerprint density at radius 3 is 2.70 bits per heavy atom. The van der Waals surface area contributed by atoms with Crippen LogP contribution in [0, 0.1) is 5.92 Å². The molecule has 0 aliphatic carbocycles. The molecule has 3 N–H and O–H groups in total. The number of unbranched alkanes of at least 4 members (excludes halogenated alkanes) is 1. The number of carbonyl (C=O) groups is 3. The van der Waals surface area contributed by atoms with E-state index in [2.05, 4.69) is 6.92 Å². The van der Waals surface area contributed by atoms with Crippen molar-refractivity contribution in [1.82, 2.24) is 9.80 Å². The Hall–Kier alpha value is -3.63. The van der Waals surface area contributed by atoms with Crippen LogP contribution in [0.5, 0.6) is 11.5 Å². The number of nitrogens with zero attached hydrogens (tertiary/aromatic N) is 3. The highest BCUT2D eigenvalue weighted by Gasteiger charge is 2.48.